The number of aliphatic hydroxyl groups excluding tert-OH is 2. The molecular formula is C20H51NO3. The summed E-state index contributed by atoms with van der Waals surface area (Å²) in [5, 5.41) is 17.5. The highest BCUT2D eigenvalue weighted by atomic mass is 16.2. The summed E-state index contributed by atoms with van der Waals surface area (Å²) in [6.45, 7) is 18.8. The number of allylic oxidation sites excluding steroid dienone is 1. The minimum Gasteiger partial charge on any atom is -0.400 e. The lowest BCUT2D eigenvalue weighted by molar-refractivity contribution is -0.0979. The molecule has 1 rings (SSSR count). The van der Waals surface area contributed by atoms with Gasteiger partial charge < -0.3 is 20.3 Å². The first-order valence-corrected chi connectivity index (χ1v) is 8.83. The van der Waals surface area contributed by atoms with Gasteiger partial charge in [-0.05, 0) is 32.7 Å². The lowest BCUT2D eigenvalue weighted by atomic mass is 10.1. The Morgan fingerprint density at radius 2 is 1.42 bits per heavy atom. The monoisotopic (exact) mass is 353 g/mol. The zero-order valence-electron chi connectivity index (χ0n) is 17.3. The van der Waals surface area contributed by atoms with E-state index in [0.29, 0.717) is 0 Å². The molecule has 4 nitrogen and oxygen atoms in total. The van der Waals surface area contributed by atoms with Gasteiger partial charge >= 0.3 is 0 Å². The number of unbranched alkanes of at least 4 members (excludes halogenated alkanes) is 2. The van der Waals surface area contributed by atoms with Gasteiger partial charge in [-0.2, -0.15) is 0 Å². The molecule has 0 aromatic heterocycles. The van der Waals surface area contributed by atoms with Crippen LogP contribution in [0.4, 0.5) is 0 Å². The summed E-state index contributed by atoms with van der Waals surface area (Å²) in [6.07, 6.45) is 10.2. The molecule has 0 bridgehead atoms. The summed E-state index contributed by atoms with van der Waals surface area (Å²) in [6, 6.07) is 0.867. The number of nitrogens with one attached hydrogen (secondary N) is 1. The number of carbonyl (C=O) groups is 1. The largest absolute Gasteiger partial charge is 0.400 e. The molecule has 0 amide bonds. The summed E-state index contributed by atoms with van der Waals surface area (Å²) in [7, 11) is 2.00. The predicted octanol–water partition coefficient (Wildman–Crippen LogP) is 5.23. The molecule has 24 heavy (non-hydrogen) atoms. The Balaban J connectivity index is -0.0000000353. The molecule has 0 aromatic rings. The first-order valence-electron chi connectivity index (χ1n) is 8.83. The lowest BCUT2D eigenvalue weighted by Gasteiger charge is -2.07. The standard InChI is InChI=1S/C9H19N.C3H6.2C2H6.2CH4O.CH2O.CH4/c1-2-3-4-6-9-7-5-8-10-9;1-3-2;5*1-2;/h9-10H,2-8H2,1H3;3H,1H2,2H3;2*1-2H3;2*2H,1H3;1H2;1H4. The topological polar surface area (TPSA) is 69.6 Å². The first-order chi connectivity index (χ1) is 11.3. The van der Waals surface area contributed by atoms with E-state index in [1.54, 1.807) is 6.08 Å². The molecule has 4 heteroatoms. The van der Waals surface area contributed by atoms with Gasteiger partial charge in [0.2, 0.25) is 0 Å². The van der Waals surface area contributed by atoms with Gasteiger partial charge in [0.25, 0.3) is 0 Å². The van der Waals surface area contributed by atoms with E-state index >= 15 is 0 Å². The van der Waals surface area contributed by atoms with Crippen LogP contribution in [-0.2, 0) is 4.79 Å². The summed E-state index contributed by atoms with van der Waals surface area (Å²) in [5.74, 6) is 0. The van der Waals surface area contributed by atoms with Crippen LogP contribution in [0.5, 0.6) is 0 Å². The quantitative estimate of drug-likeness (QED) is 0.478. The minimum atomic E-state index is 0. The molecule has 1 aliphatic heterocycles. The van der Waals surface area contributed by atoms with Gasteiger partial charge in [-0.25, -0.2) is 0 Å². The van der Waals surface area contributed by atoms with Crippen LogP contribution in [0.1, 0.15) is 87.5 Å². The average molecular weight is 354 g/mol. The van der Waals surface area contributed by atoms with E-state index < -0.39 is 0 Å². The Labute approximate surface area is 154 Å². The van der Waals surface area contributed by atoms with E-state index in [-0.39, 0.29) is 7.43 Å². The van der Waals surface area contributed by atoms with Crippen molar-refractivity contribution >= 4 is 6.79 Å². The second-order valence-corrected chi connectivity index (χ2v) is 3.70. The van der Waals surface area contributed by atoms with Gasteiger partial charge in [0.05, 0.1) is 0 Å². The van der Waals surface area contributed by atoms with E-state index in [1.807, 2.05) is 41.4 Å². The van der Waals surface area contributed by atoms with Crippen LogP contribution in [0.3, 0.4) is 0 Å². The van der Waals surface area contributed by atoms with Crippen LogP contribution in [0, 0.1) is 0 Å². The molecule has 1 aliphatic rings. The zero-order chi connectivity index (χ0) is 19.9. The van der Waals surface area contributed by atoms with Crippen molar-refractivity contribution in [3.8, 4) is 0 Å². The van der Waals surface area contributed by atoms with Crippen LogP contribution in [-0.4, -0.2) is 43.8 Å². The third-order valence-corrected chi connectivity index (χ3v) is 2.32. The molecule has 1 heterocycles. The van der Waals surface area contributed by atoms with Crippen molar-refractivity contribution in [3.63, 3.8) is 0 Å². The van der Waals surface area contributed by atoms with Crippen molar-refractivity contribution in [1.82, 2.24) is 5.32 Å². The third-order valence-electron chi connectivity index (χ3n) is 2.32. The fourth-order valence-electron chi connectivity index (χ4n) is 1.64. The number of hydrogen-bond acceptors (Lipinski definition) is 4. The predicted molar refractivity (Wildman–Crippen MR) is 114 cm³/mol. The number of rotatable bonds is 4. The van der Waals surface area contributed by atoms with E-state index in [1.165, 1.54) is 45.1 Å². The molecule has 0 radical (unpaired) electrons. The molecule has 1 unspecified atom stereocenters. The second-order valence-electron chi connectivity index (χ2n) is 3.70. The Hall–Kier alpha value is -0.710. The highest BCUT2D eigenvalue weighted by Crippen LogP contribution is 2.12. The first kappa shape index (κ1) is 43.6. The summed E-state index contributed by atoms with van der Waals surface area (Å²) >= 11 is 0. The smallest absolute Gasteiger partial charge is 0.106 e. The molecule has 0 spiro atoms. The molecule has 154 valence electrons. The zero-order valence-corrected chi connectivity index (χ0v) is 17.3. The maximum Gasteiger partial charge on any atom is 0.106 e. The van der Waals surface area contributed by atoms with E-state index in [9.17, 15) is 0 Å². The Morgan fingerprint density at radius 1 is 1.04 bits per heavy atom. The van der Waals surface area contributed by atoms with Crippen LogP contribution in [0.15, 0.2) is 12.7 Å². The Morgan fingerprint density at radius 3 is 1.67 bits per heavy atom. The summed E-state index contributed by atoms with van der Waals surface area (Å²) in [5.41, 5.74) is 0. The second kappa shape index (κ2) is 79.3. The van der Waals surface area contributed by atoms with Crippen LogP contribution < -0.4 is 5.32 Å². The summed E-state index contributed by atoms with van der Waals surface area (Å²) < 4.78 is 0. The van der Waals surface area contributed by atoms with Gasteiger partial charge in [-0.3, -0.25) is 0 Å². The van der Waals surface area contributed by atoms with Crippen molar-refractivity contribution in [2.24, 2.45) is 0 Å². The molecule has 1 fully saturated rings. The summed E-state index contributed by atoms with van der Waals surface area (Å²) in [4.78, 5) is 8.00. The van der Waals surface area contributed by atoms with Crippen molar-refractivity contribution in [3.05, 3.63) is 12.7 Å². The molecule has 0 saturated carbocycles. The lowest BCUT2D eigenvalue weighted by Crippen LogP contribution is -2.20. The van der Waals surface area contributed by atoms with Gasteiger partial charge in [0.1, 0.15) is 6.79 Å². The maximum absolute atomic E-state index is 8.00. The third kappa shape index (κ3) is 68.8. The Bertz CT molecular complexity index is 128. The van der Waals surface area contributed by atoms with E-state index in [4.69, 9.17) is 15.0 Å². The molecule has 1 atom stereocenters. The molecule has 1 saturated heterocycles. The number of aliphatic hydroxyl groups is 2. The van der Waals surface area contributed by atoms with Crippen LogP contribution >= 0.6 is 0 Å². The highest BCUT2D eigenvalue weighted by molar-refractivity contribution is 5.10. The van der Waals surface area contributed by atoms with Crippen LogP contribution in [0.25, 0.3) is 0 Å². The normalized spacial score (nSPS) is 12.3. The van der Waals surface area contributed by atoms with E-state index in [0.717, 1.165) is 20.3 Å². The Kier molecular flexibility index (Phi) is 144. The maximum atomic E-state index is 8.00. The van der Waals surface area contributed by atoms with E-state index in [2.05, 4.69) is 18.8 Å². The molecule has 3 N–H and O–H groups in total. The number of carbonyl (C=O) groups excluding carboxylic acids is 1. The van der Waals surface area contributed by atoms with Crippen molar-refractivity contribution in [2.45, 2.75) is 93.5 Å². The average Bonchev–Trinajstić information content (AvgIpc) is 3.18. The van der Waals surface area contributed by atoms with Crippen molar-refractivity contribution < 1.29 is 15.0 Å². The molecule has 0 aromatic carbocycles. The fraction of sp³-hybridized carbons (Fsp3) is 0.850. The minimum absolute atomic E-state index is 0. The highest BCUT2D eigenvalue weighted by Gasteiger charge is 2.12. The van der Waals surface area contributed by atoms with Gasteiger partial charge in [-0.15, -0.1) is 6.58 Å². The fourth-order valence-corrected chi connectivity index (χ4v) is 1.64. The van der Waals surface area contributed by atoms with Crippen molar-refractivity contribution in [1.29, 1.82) is 0 Å². The van der Waals surface area contributed by atoms with Crippen molar-refractivity contribution in [2.75, 3.05) is 20.8 Å². The van der Waals surface area contributed by atoms with Crippen LogP contribution in [0.2, 0.25) is 0 Å². The SMILES string of the molecule is C.C=CC.C=O.CC.CC.CCCCCC1CCCN1.CO.CO. The van der Waals surface area contributed by atoms with Gasteiger partial charge in [0.15, 0.2) is 0 Å². The molecule has 0 aliphatic carbocycles. The van der Waals surface area contributed by atoms with Gasteiger partial charge in [-0.1, -0.05) is 67.4 Å². The number of hydrogen-bond donors (Lipinski definition) is 3. The molecular weight excluding hydrogens is 302 g/mol. The van der Waals surface area contributed by atoms with Gasteiger partial charge in [0, 0.05) is 20.3 Å².